The Morgan fingerprint density at radius 3 is 2.80 bits per heavy atom. The molecule has 7 heteroatoms. The zero-order valence-electron chi connectivity index (χ0n) is 13.6. The van der Waals surface area contributed by atoms with Gasteiger partial charge in [0.05, 0.1) is 5.56 Å². The van der Waals surface area contributed by atoms with Gasteiger partial charge in [-0.15, -0.1) is 11.3 Å². The third-order valence-corrected chi connectivity index (χ3v) is 6.09. The number of thiocarbonyl (C=S) groups is 1. The highest BCUT2D eigenvalue weighted by molar-refractivity contribution is 9.10. The lowest BCUT2D eigenvalue weighted by atomic mass is 9.89. The van der Waals surface area contributed by atoms with Crippen molar-refractivity contribution in [2.75, 3.05) is 5.32 Å². The minimum atomic E-state index is -0.279. The van der Waals surface area contributed by atoms with Crippen LogP contribution in [0.3, 0.4) is 0 Å². The lowest BCUT2D eigenvalue weighted by Gasteiger charge is -2.17. The maximum Gasteiger partial charge on any atom is 0.257 e. The molecule has 0 spiro atoms. The highest BCUT2D eigenvalue weighted by atomic mass is 79.9. The Morgan fingerprint density at radius 1 is 1.40 bits per heavy atom. The van der Waals surface area contributed by atoms with E-state index in [1.165, 1.54) is 4.88 Å². The van der Waals surface area contributed by atoms with Crippen molar-refractivity contribution in [3.63, 3.8) is 0 Å². The second kappa shape index (κ2) is 7.65. The van der Waals surface area contributed by atoms with Crippen LogP contribution in [-0.2, 0) is 12.8 Å². The summed E-state index contributed by atoms with van der Waals surface area (Å²) >= 11 is 10.2. The summed E-state index contributed by atoms with van der Waals surface area (Å²) in [5.41, 5.74) is 2.31. The monoisotopic (exact) mass is 433 g/mol. The van der Waals surface area contributed by atoms with Crippen molar-refractivity contribution < 1.29 is 4.79 Å². The normalized spacial score (nSPS) is 15.8. The highest BCUT2D eigenvalue weighted by Gasteiger charge is 2.24. The number of hydrogen-bond acceptors (Lipinski definition) is 4. The molecule has 0 aliphatic heterocycles. The summed E-state index contributed by atoms with van der Waals surface area (Å²) in [5.74, 6) is 0.355. The van der Waals surface area contributed by atoms with Gasteiger partial charge in [-0.1, -0.05) is 22.9 Å². The lowest BCUT2D eigenvalue weighted by molar-refractivity contribution is 0.0977. The van der Waals surface area contributed by atoms with Crippen molar-refractivity contribution in [2.45, 2.75) is 26.2 Å². The number of benzene rings is 1. The number of amides is 1. The van der Waals surface area contributed by atoms with E-state index in [4.69, 9.17) is 12.2 Å². The standard InChI is InChI=1S/C18H16BrN3OS2/c1-10-2-7-13-14(9-20)17(25-15(13)8-10)22-18(24)21-16(23)11-3-5-12(19)6-4-11/h3-6,10H,2,7-8H2,1H3,(H2,21,22,23,24)/t10-/m1/s1. The van der Waals surface area contributed by atoms with E-state index in [0.29, 0.717) is 17.0 Å². The van der Waals surface area contributed by atoms with E-state index in [1.807, 2.05) is 0 Å². The van der Waals surface area contributed by atoms with E-state index < -0.39 is 0 Å². The molecule has 1 amide bonds. The van der Waals surface area contributed by atoms with Crippen molar-refractivity contribution in [3.05, 3.63) is 50.3 Å². The molecule has 0 fully saturated rings. The van der Waals surface area contributed by atoms with E-state index in [0.717, 1.165) is 34.3 Å². The number of nitrogens with zero attached hydrogens (tertiary/aromatic N) is 1. The SMILES string of the molecule is C[C@@H]1CCc2c(sc(NC(=S)NC(=O)c3ccc(Br)cc3)c2C#N)C1. The van der Waals surface area contributed by atoms with Crippen molar-refractivity contribution in [3.8, 4) is 6.07 Å². The fourth-order valence-electron chi connectivity index (χ4n) is 2.87. The van der Waals surface area contributed by atoms with Crippen LogP contribution in [-0.4, -0.2) is 11.0 Å². The van der Waals surface area contributed by atoms with Gasteiger partial charge in [-0.05, 0) is 67.2 Å². The number of nitrogens with one attached hydrogen (secondary N) is 2. The first-order chi connectivity index (χ1) is 12.0. The number of anilines is 1. The van der Waals surface area contributed by atoms with Crippen LogP contribution in [0.25, 0.3) is 0 Å². The molecule has 25 heavy (non-hydrogen) atoms. The van der Waals surface area contributed by atoms with Gasteiger partial charge in [0.1, 0.15) is 11.1 Å². The number of nitriles is 1. The molecule has 0 saturated carbocycles. The third-order valence-electron chi connectivity index (χ3n) is 4.18. The van der Waals surface area contributed by atoms with Crippen LogP contribution in [0.4, 0.5) is 5.00 Å². The molecule has 1 atom stereocenters. The van der Waals surface area contributed by atoms with Gasteiger partial charge < -0.3 is 5.32 Å². The van der Waals surface area contributed by atoms with Gasteiger partial charge in [-0.3, -0.25) is 10.1 Å². The molecule has 0 unspecified atom stereocenters. The van der Waals surface area contributed by atoms with Crippen LogP contribution >= 0.6 is 39.5 Å². The van der Waals surface area contributed by atoms with E-state index in [-0.39, 0.29) is 11.0 Å². The Morgan fingerprint density at radius 2 is 2.12 bits per heavy atom. The van der Waals surface area contributed by atoms with E-state index in [1.54, 1.807) is 35.6 Å². The molecule has 1 aromatic carbocycles. The molecule has 3 rings (SSSR count). The Hall–Kier alpha value is -1.75. The van der Waals surface area contributed by atoms with Crippen molar-refractivity contribution in [2.24, 2.45) is 5.92 Å². The smallest absolute Gasteiger partial charge is 0.257 e. The molecule has 1 aliphatic carbocycles. The second-order valence-electron chi connectivity index (χ2n) is 6.08. The Bertz CT molecular complexity index is 868. The maximum absolute atomic E-state index is 12.2. The van der Waals surface area contributed by atoms with Gasteiger partial charge >= 0.3 is 0 Å². The van der Waals surface area contributed by atoms with E-state index in [2.05, 4.69) is 39.6 Å². The zero-order chi connectivity index (χ0) is 18.0. The minimum absolute atomic E-state index is 0.205. The van der Waals surface area contributed by atoms with Gasteiger partial charge in [-0.2, -0.15) is 5.26 Å². The first-order valence-corrected chi connectivity index (χ1v) is 9.92. The predicted octanol–water partition coefficient (Wildman–Crippen LogP) is 4.63. The van der Waals surface area contributed by atoms with Gasteiger partial charge in [-0.25, -0.2) is 0 Å². The second-order valence-corrected chi connectivity index (χ2v) is 8.51. The fraction of sp³-hybridized carbons (Fsp3) is 0.278. The maximum atomic E-state index is 12.2. The summed E-state index contributed by atoms with van der Waals surface area (Å²) in [6.45, 7) is 2.23. The Labute approximate surface area is 164 Å². The molecule has 1 aromatic heterocycles. The van der Waals surface area contributed by atoms with Gasteiger partial charge in [0.25, 0.3) is 5.91 Å². The van der Waals surface area contributed by atoms with Crippen LogP contribution in [0.5, 0.6) is 0 Å². The molecule has 1 aliphatic rings. The molecule has 4 nitrogen and oxygen atoms in total. The summed E-state index contributed by atoms with van der Waals surface area (Å²) < 4.78 is 0.904. The number of thiophene rings is 1. The average Bonchev–Trinajstić information content (AvgIpc) is 2.90. The van der Waals surface area contributed by atoms with Crippen LogP contribution in [0.15, 0.2) is 28.7 Å². The summed E-state index contributed by atoms with van der Waals surface area (Å²) in [6, 6.07) is 9.32. The topological polar surface area (TPSA) is 64.9 Å². The molecule has 0 saturated heterocycles. The predicted molar refractivity (Wildman–Crippen MR) is 108 cm³/mol. The van der Waals surface area contributed by atoms with Crippen molar-refractivity contribution >= 4 is 55.5 Å². The third kappa shape index (κ3) is 4.09. The van der Waals surface area contributed by atoms with Crippen LogP contribution in [0.2, 0.25) is 0 Å². The van der Waals surface area contributed by atoms with Gasteiger partial charge in [0.2, 0.25) is 0 Å². The molecular formula is C18H16BrN3OS2. The molecule has 128 valence electrons. The first-order valence-electron chi connectivity index (χ1n) is 7.90. The van der Waals surface area contributed by atoms with Crippen LogP contribution in [0.1, 0.15) is 39.7 Å². The minimum Gasteiger partial charge on any atom is -0.323 e. The number of fused-ring (bicyclic) bond motifs is 1. The van der Waals surface area contributed by atoms with Crippen LogP contribution < -0.4 is 10.6 Å². The summed E-state index contributed by atoms with van der Waals surface area (Å²) in [4.78, 5) is 13.5. The lowest BCUT2D eigenvalue weighted by Crippen LogP contribution is -2.34. The van der Waals surface area contributed by atoms with E-state index in [9.17, 15) is 10.1 Å². The highest BCUT2D eigenvalue weighted by Crippen LogP contribution is 2.39. The molecule has 2 N–H and O–H groups in total. The number of halogens is 1. The summed E-state index contributed by atoms with van der Waals surface area (Å²) in [7, 11) is 0. The molecule has 0 bridgehead atoms. The van der Waals surface area contributed by atoms with Gasteiger partial charge in [0.15, 0.2) is 5.11 Å². The Kier molecular flexibility index (Phi) is 5.52. The van der Waals surface area contributed by atoms with Crippen molar-refractivity contribution in [1.82, 2.24) is 5.32 Å². The molecule has 1 heterocycles. The Balaban J connectivity index is 1.72. The molecular weight excluding hydrogens is 418 g/mol. The van der Waals surface area contributed by atoms with E-state index >= 15 is 0 Å². The molecule has 2 aromatic rings. The van der Waals surface area contributed by atoms with Gasteiger partial charge in [0, 0.05) is 14.9 Å². The number of hydrogen-bond donors (Lipinski definition) is 2. The molecule has 0 radical (unpaired) electrons. The summed E-state index contributed by atoms with van der Waals surface area (Å²) in [5, 5.41) is 16.1. The number of carbonyl (C=O) groups is 1. The first kappa shape index (κ1) is 18.1. The summed E-state index contributed by atoms with van der Waals surface area (Å²) in [6.07, 6.45) is 3.02. The fourth-order valence-corrected chi connectivity index (χ4v) is 4.76. The van der Waals surface area contributed by atoms with Crippen molar-refractivity contribution in [1.29, 1.82) is 5.26 Å². The zero-order valence-corrected chi connectivity index (χ0v) is 16.8. The number of rotatable bonds is 2. The average molecular weight is 434 g/mol. The van der Waals surface area contributed by atoms with Crippen LogP contribution in [0, 0.1) is 17.2 Å². The quantitative estimate of drug-likeness (QED) is 0.677. The largest absolute Gasteiger partial charge is 0.323 e. The number of carbonyl (C=O) groups excluding carboxylic acids is 1.